The number of carbonyl (C=O) groups is 1. The third-order valence-electron chi connectivity index (χ3n) is 3.00. The molecule has 0 bridgehead atoms. The van der Waals surface area contributed by atoms with Crippen molar-refractivity contribution in [3.63, 3.8) is 0 Å². The van der Waals surface area contributed by atoms with Crippen LogP contribution in [0.25, 0.3) is 6.08 Å². The molecule has 0 radical (unpaired) electrons. The van der Waals surface area contributed by atoms with E-state index in [1.165, 1.54) is 0 Å². The summed E-state index contributed by atoms with van der Waals surface area (Å²) in [5.41, 5.74) is 1.99. The van der Waals surface area contributed by atoms with Crippen molar-refractivity contribution in [2.75, 3.05) is 0 Å². The Morgan fingerprint density at radius 3 is 2.52 bits per heavy atom. The molecule has 0 spiro atoms. The van der Waals surface area contributed by atoms with Crippen molar-refractivity contribution in [2.24, 2.45) is 4.99 Å². The van der Waals surface area contributed by atoms with E-state index in [1.807, 2.05) is 42.5 Å². The SMILES string of the molecule is O=C1NC(c2ccccc2Cl)=N/C1=C/c1ccc(Br)cc1. The Labute approximate surface area is 135 Å². The lowest BCUT2D eigenvalue weighted by Crippen LogP contribution is -2.24. The minimum atomic E-state index is -0.229. The predicted molar refractivity (Wildman–Crippen MR) is 88.3 cm³/mol. The molecule has 104 valence electrons. The highest BCUT2D eigenvalue weighted by Crippen LogP contribution is 2.20. The van der Waals surface area contributed by atoms with Gasteiger partial charge in [0.2, 0.25) is 0 Å². The van der Waals surface area contributed by atoms with Crippen molar-refractivity contribution in [2.45, 2.75) is 0 Å². The first-order chi connectivity index (χ1) is 10.1. The number of rotatable bonds is 2. The van der Waals surface area contributed by atoms with Gasteiger partial charge in [0.15, 0.2) is 0 Å². The fraction of sp³-hybridized carbons (Fsp3) is 0. The molecule has 1 N–H and O–H groups in total. The summed E-state index contributed by atoms with van der Waals surface area (Å²) in [5, 5.41) is 3.30. The number of amides is 1. The van der Waals surface area contributed by atoms with Gasteiger partial charge in [-0.25, -0.2) is 4.99 Å². The summed E-state index contributed by atoms with van der Waals surface area (Å²) >= 11 is 9.50. The number of nitrogens with one attached hydrogen (secondary N) is 1. The van der Waals surface area contributed by atoms with Gasteiger partial charge in [0.1, 0.15) is 11.5 Å². The molecule has 3 nitrogen and oxygen atoms in total. The van der Waals surface area contributed by atoms with Crippen LogP contribution in [-0.2, 0) is 4.79 Å². The van der Waals surface area contributed by atoms with Crippen LogP contribution in [0.15, 0.2) is 63.7 Å². The van der Waals surface area contributed by atoms with E-state index in [0.29, 0.717) is 22.1 Å². The van der Waals surface area contributed by atoms with Crippen LogP contribution in [0.2, 0.25) is 5.02 Å². The van der Waals surface area contributed by atoms with Crippen molar-refractivity contribution < 1.29 is 4.79 Å². The lowest BCUT2D eigenvalue weighted by molar-refractivity contribution is -0.115. The van der Waals surface area contributed by atoms with Crippen LogP contribution in [0.1, 0.15) is 11.1 Å². The fourth-order valence-corrected chi connectivity index (χ4v) is 2.46. The third kappa shape index (κ3) is 3.06. The number of aliphatic imine (C=N–C) groups is 1. The molecule has 2 aromatic rings. The van der Waals surface area contributed by atoms with Crippen LogP contribution < -0.4 is 5.32 Å². The number of hydrogen-bond acceptors (Lipinski definition) is 2. The largest absolute Gasteiger partial charge is 0.305 e. The Morgan fingerprint density at radius 2 is 1.81 bits per heavy atom. The summed E-state index contributed by atoms with van der Waals surface area (Å²) < 4.78 is 0.987. The van der Waals surface area contributed by atoms with Crippen LogP contribution in [0.3, 0.4) is 0 Å². The minimum absolute atomic E-state index is 0.229. The number of nitrogens with zero attached hydrogens (tertiary/aromatic N) is 1. The van der Waals surface area contributed by atoms with Gasteiger partial charge in [-0.3, -0.25) is 4.79 Å². The van der Waals surface area contributed by atoms with Crippen LogP contribution in [-0.4, -0.2) is 11.7 Å². The quantitative estimate of drug-likeness (QED) is 0.807. The maximum absolute atomic E-state index is 12.0. The summed E-state index contributed by atoms with van der Waals surface area (Å²) in [7, 11) is 0. The molecule has 1 aliphatic heterocycles. The molecule has 5 heteroatoms. The fourth-order valence-electron chi connectivity index (χ4n) is 1.97. The highest BCUT2D eigenvalue weighted by molar-refractivity contribution is 9.10. The summed E-state index contributed by atoms with van der Waals surface area (Å²) in [4.78, 5) is 16.3. The number of carbonyl (C=O) groups excluding carboxylic acids is 1. The second-order valence-electron chi connectivity index (χ2n) is 4.48. The number of amidine groups is 1. The van der Waals surface area contributed by atoms with Crippen molar-refractivity contribution in [1.82, 2.24) is 5.32 Å². The molecular weight excluding hydrogens is 352 g/mol. The van der Waals surface area contributed by atoms with E-state index in [-0.39, 0.29) is 5.91 Å². The zero-order chi connectivity index (χ0) is 14.8. The summed E-state index contributed by atoms with van der Waals surface area (Å²) in [6.45, 7) is 0. The second-order valence-corrected chi connectivity index (χ2v) is 5.80. The first-order valence-corrected chi connectivity index (χ1v) is 7.43. The minimum Gasteiger partial charge on any atom is -0.305 e. The average molecular weight is 362 g/mol. The van der Waals surface area contributed by atoms with Gasteiger partial charge in [-0.15, -0.1) is 0 Å². The van der Waals surface area contributed by atoms with E-state index >= 15 is 0 Å². The van der Waals surface area contributed by atoms with Gasteiger partial charge in [0.05, 0.1) is 5.02 Å². The molecule has 0 atom stereocenters. The van der Waals surface area contributed by atoms with Crippen LogP contribution in [0.4, 0.5) is 0 Å². The van der Waals surface area contributed by atoms with Crippen LogP contribution in [0, 0.1) is 0 Å². The Bertz CT molecular complexity index is 766. The van der Waals surface area contributed by atoms with Crippen molar-refractivity contribution in [1.29, 1.82) is 0 Å². The molecule has 1 amide bonds. The Balaban J connectivity index is 1.96. The molecule has 21 heavy (non-hydrogen) atoms. The molecule has 0 saturated carbocycles. The van der Waals surface area contributed by atoms with Gasteiger partial charge in [-0.05, 0) is 35.9 Å². The molecule has 1 aliphatic rings. The summed E-state index contributed by atoms with van der Waals surface area (Å²) in [5.74, 6) is 0.252. The monoisotopic (exact) mass is 360 g/mol. The lowest BCUT2D eigenvalue weighted by Gasteiger charge is -2.01. The number of hydrogen-bond donors (Lipinski definition) is 1. The zero-order valence-electron chi connectivity index (χ0n) is 10.8. The van der Waals surface area contributed by atoms with Gasteiger partial charge < -0.3 is 5.32 Å². The molecule has 0 aliphatic carbocycles. The van der Waals surface area contributed by atoms with E-state index in [1.54, 1.807) is 12.1 Å². The van der Waals surface area contributed by atoms with Crippen LogP contribution >= 0.6 is 27.5 Å². The second kappa shape index (κ2) is 5.84. The molecule has 0 fully saturated rings. The Kier molecular flexibility index (Phi) is 3.90. The topological polar surface area (TPSA) is 41.5 Å². The highest BCUT2D eigenvalue weighted by Gasteiger charge is 2.22. The van der Waals surface area contributed by atoms with Gasteiger partial charge >= 0.3 is 0 Å². The summed E-state index contributed by atoms with van der Waals surface area (Å²) in [6.07, 6.45) is 1.74. The van der Waals surface area contributed by atoms with E-state index in [2.05, 4.69) is 26.2 Å². The highest BCUT2D eigenvalue weighted by atomic mass is 79.9. The van der Waals surface area contributed by atoms with E-state index in [4.69, 9.17) is 11.6 Å². The number of benzene rings is 2. The van der Waals surface area contributed by atoms with E-state index in [0.717, 1.165) is 10.0 Å². The first kappa shape index (κ1) is 14.0. The van der Waals surface area contributed by atoms with E-state index < -0.39 is 0 Å². The lowest BCUT2D eigenvalue weighted by atomic mass is 10.2. The van der Waals surface area contributed by atoms with Crippen molar-refractivity contribution >= 4 is 45.3 Å². The molecule has 3 rings (SSSR count). The molecule has 0 unspecified atom stereocenters. The zero-order valence-corrected chi connectivity index (χ0v) is 13.1. The van der Waals surface area contributed by atoms with Gasteiger partial charge in [-0.1, -0.05) is 51.8 Å². The summed E-state index contributed by atoms with van der Waals surface area (Å²) in [6, 6.07) is 14.9. The maximum atomic E-state index is 12.0. The molecule has 0 saturated heterocycles. The van der Waals surface area contributed by atoms with Gasteiger partial charge in [-0.2, -0.15) is 0 Å². The van der Waals surface area contributed by atoms with Gasteiger partial charge in [0, 0.05) is 10.0 Å². The molecule has 1 heterocycles. The predicted octanol–water partition coefficient (Wildman–Crippen LogP) is 4.02. The standard InChI is InChI=1S/C16H10BrClN2O/c17-11-7-5-10(6-8-11)9-14-16(21)20-15(19-14)12-3-1-2-4-13(12)18/h1-9H,(H,19,20,21)/b14-9+. The Hall–Kier alpha value is -1.91. The molecule has 2 aromatic carbocycles. The van der Waals surface area contributed by atoms with Crippen molar-refractivity contribution in [3.8, 4) is 0 Å². The number of halogens is 2. The maximum Gasteiger partial charge on any atom is 0.275 e. The smallest absolute Gasteiger partial charge is 0.275 e. The first-order valence-electron chi connectivity index (χ1n) is 6.26. The third-order valence-corrected chi connectivity index (χ3v) is 3.86. The molecular formula is C16H10BrClN2O. The normalized spacial score (nSPS) is 16.0. The van der Waals surface area contributed by atoms with Crippen molar-refractivity contribution in [3.05, 3.63) is 74.9 Å². The van der Waals surface area contributed by atoms with E-state index in [9.17, 15) is 4.79 Å². The molecule has 0 aromatic heterocycles. The Morgan fingerprint density at radius 1 is 1.10 bits per heavy atom. The van der Waals surface area contributed by atoms with Gasteiger partial charge in [0.25, 0.3) is 5.91 Å². The average Bonchev–Trinajstić information content (AvgIpc) is 2.83. The van der Waals surface area contributed by atoms with Crippen LogP contribution in [0.5, 0.6) is 0 Å².